The van der Waals surface area contributed by atoms with Crippen molar-refractivity contribution in [1.29, 1.82) is 0 Å². The number of carbonyl (C=O) groups is 1. The second-order valence-electron chi connectivity index (χ2n) is 5.53. The summed E-state index contributed by atoms with van der Waals surface area (Å²) >= 11 is 1.24. The SMILES string of the molecule is CCOC(=O)c1cn(-c2cc(SCc3cc(F)ccc3F)ncn2)nc1C. The molecule has 3 aromatic rings. The third-order valence-electron chi connectivity index (χ3n) is 3.64. The normalized spacial score (nSPS) is 10.8. The van der Waals surface area contributed by atoms with Crippen molar-refractivity contribution in [2.45, 2.75) is 24.6 Å². The van der Waals surface area contributed by atoms with Gasteiger partial charge in [0, 0.05) is 23.6 Å². The van der Waals surface area contributed by atoms with Gasteiger partial charge in [0.2, 0.25) is 0 Å². The van der Waals surface area contributed by atoms with Crippen molar-refractivity contribution in [3.8, 4) is 5.82 Å². The van der Waals surface area contributed by atoms with Gasteiger partial charge in [-0.25, -0.2) is 28.2 Å². The van der Waals surface area contributed by atoms with Crippen molar-refractivity contribution in [1.82, 2.24) is 19.7 Å². The Morgan fingerprint density at radius 3 is 2.85 bits per heavy atom. The van der Waals surface area contributed by atoms with E-state index in [2.05, 4.69) is 15.1 Å². The number of esters is 1. The highest BCUT2D eigenvalue weighted by Gasteiger charge is 2.16. The number of hydrogen-bond donors (Lipinski definition) is 0. The molecule has 0 amide bonds. The summed E-state index contributed by atoms with van der Waals surface area (Å²) in [6, 6.07) is 4.99. The van der Waals surface area contributed by atoms with Crippen molar-refractivity contribution in [2.24, 2.45) is 0 Å². The van der Waals surface area contributed by atoms with E-state index in [1.54, 1.807) is 19.9 Å². The van der Waals surface area contributed by atoms with Gasteiger partial charge in [0.05, 0.1) is 12.3 Å². The molecule has 0 aliphatic rings. The molecule has 1 aromatic carbocycles. The van der Waals surface area contributed by atoms with Gasteiger partial charge >= 0.3 is 5.97 Å². The number of ether oxygens (including phenoxy) is 1. The average Bonchev–Trinajstić information content (AvgIpc) is 3.05. The number of aromatic nitrogens is 4. The molecule has 2 aromatic heterocycles. The molecule has 2 heterocycles. The Kier molecular flexibility index (Phi) is 5.80. The number of nitrogens with zero attached hydrogens (tertiary/aromatic N) is 4. The van der Waals surface area contributed by atoms with Crippen LogP contribution < -0.4 is 0 Å². The smallest absolute Gasteiger partial charge is 0.341 e. The minimum absolute atomic E-state index is 0.215. The first-order chi connectivity index (χ1) is 13.0. The standard InChI is InChI=1S/C18H16F2N4O2S/c1-3-26-18(25)14-8-24(23-11(14)2)16-7-17(22-10-21-16)27-9-12-6-13(19)4-5-15(12)20/h4-8,10H,3,9H2,1-2H3. The lowest BCUT2D eigenvalue weighted by molar-refractivity contribution is 0.0525. The molecule has 0 unspecified atom stereocenters. The van der Waals surface area contributed by atoms with E-state index in [0.717, 1.165) is 18.2 Å². The molecule has 3 rings (SSSR count). The van der Waals surface area contributed by atoms with Crippen LogP contribution in [0, 0.1) is 18.6 Å². The fourth-order valence-electron chi connectivity index (χ4n) is 2.33. The third-order valence-corrected chi connectivity index (χ3v) is 4.61. The molecular formula is C18H16F2N4O2S. The summed E-state index contributed by atoms with van der Waals surface area (Å²) in [4.78, 5) is 20.2. The molecule has 0 saturated carbocycles. The van der Waals surface area contributed by atoms with E-state index in [1.165, 1.54) is 29.0 Å². The lowest BCUT2D eigenvalue weighted by Crippen LogP contribution is -2.04. The Morgan fingerprint density at radius 1 is 1.26 bits per heavy atom. The number of thioether (sulfide) groups is 1. The first-order valence-electron chi connectivity index (χ1n) is 8.10. The van der Waals surface area contributed by atoms with Gasteiger partial charge in [-0.2, -0.15) is 5.10 Å². The van der Waals surface area contributed by atoms with Crippen LogP contribution >= 0.6 is 11.8 Å². The molecule has 0 saturated heterocycles. The van der Waals surface area contributed by atoms with Crippen molar-refractivity contribution < 1.29 is 18.3 Å². The van der Waals surface area contributed by atoms with Crippen LogP contribution in [0.5, 0.6) is 0 Å². The molecular weight excluding hydrogens is 374 g/mol. The number of carbonyl (C=O) groups excluding carboxylic acids is 1. The Hall–Kier alpha value is -2.81. The van der Waals surface area contributed by atoms with E-state index in [9.17, 15) is 13.6 Å². The Morgan fingerprint density at radius 2 is 2.07 bits per heavy atom. The average molecular weight is 390 g/mol. The zero-order chi connectivity index (χ0) is 19.4. The van der Waals surface area contributed by atoms with Crippen LogP contribution in [0.2, 0.25) is 0 Å². The second kappa shape index (κ2) is 8.26. The van der Waals surface area contributed by atoms with Gasteiger partial charge in [-0.05, 0) is 32.0 Å². The molecule has 0 N–H and O–H groups in total. The van der Waals surface area contributed by atoms with Gasteiger partial charge in [-0.15, -0.1) is 11.8 Å². The third kappa shape index (κ3) is 4.48. The number of benzene rings is 1. The quantitative estimate of drug-likeness (QED) is 0.363. The zero-order valence-corrected chi connectivity index (χ0v) is 15.5. The first kappa shape index (κ1) is 19.0. The van der Waals surface area contributed by atoms with Crippen molar-refractivity contribution in [3.05, 3.63) is 65.2 Å². The first-order valence-corrected chi connectivity index (χ1v) is 9.09. The summed E-state index contributed by atoms with van der Waals surface area (Å²) < 4.78 is 33.4. The summed E-state index contributed by atoms with van der Waals surface area (Å²) in [5, 5.41) is 4.84. The van der Waals surface area contributed by atoms with Crippen molar-refractivity contribution in [2.75, 3.05) is 6.61 Å². The maximum Gasteiger partial charge on any atom is 0.341 e. The predicted octanol–water partition coefficient (Wildman–Crippen LogP) is 3.72. The highest BCUT2D eigenvalue weighted by molar-refractivity contribution is 7.98. The summed E-state index contributed by atoms with van der Waals surface area (Å²) in [7, 11) is 0. The fraction of sp³-hybridized carbons (Fsp3) is 0.222. The molecule has 0 aliphatic carbocycles. The predicted molar refractivity (Wildman–Crippen MR) is 95.8 cm³/mol. The molecule has 0 radical (unpaired) electrons. The molecule has 9 heteroatoms. The van der Waals surface area contributed by atoms with Gasteiger partial charge in [-0.1, -0.05) is 0 Å². The number of rotatable bonds is 6. The van der Waals surface area contributed by atoms with E-state index in [4.69, 9.17) is 4.74 Å². The highest BCUT2D eigenvalue weighted by atomic mass is 32.2. The monoisotopic (exact) mass is 390 g/mol. The van der Waals surface area contributed by atoms with Gasteiger partial charge in [0.25, 0.3) is 0 Å². The van der Waals surface area contributed by atoms with Gasteiger partial charge in [-0.3, -0.25) is 0 Å². The number of aryl methyl sites for hydroxylation is 1. The number of halogens is 2. The van der Waals surface area contributed by atoms with Gasteiger partial charge in [0.15, 0.2) is 5.82 Å². The maximum atomic E-state index is 13.7. The topological polar surface area (TPSA) is 69.9 Å². The van der Waals surface area contributed by atoms with Crippen LogP contribution in [0.15, 0.2) is 41.8 Å². The van der Waals surface area contributed by atoms with Crippen LogP contribution in [0.25, 0.3) is 5.82 Å². The molecule has 0 fully saturated rings. The van der Waals surface area contributed by atoms with Crippen LogP contribution in [-0.4, -0.2) is 32.3 Å². The van der Waals surface area contributed by atoms with Gasteiger partial charge < -0.3 is 4.74 Å². The lowest BCUT2D eigenvalue weighted by atomic mass is 10.2. The molecule has 6 nitrogen and oxygen atoms in total. The summed E-state index contributed by atoms with van der Waals surface area (Å²) in [6.07, 6.45) is 2.89. The molecule has 0 atom stereocenters. The molecule has 0 bridgehead atoms. The van der Waals surface area contributed by atoms with Gasteiger partial charge in [0.1, 0.15) is 28.6 Å². The molecule has 140 valence electrons. The van der Waals surface area contributed by atoms with E-state index < -0.39 is 17.6 Å². The van der Waals surface area contributed by atoms with E-state index in [1.807, 2.05) is 0 Å². The summed E-state index contributed by atoms with van der Waals surface area (Å²) in [6.45, 7) is 3.70. The molecule has 0 spiro atoms. The zero-order valence-electron chi connectivity index (χ0n) is 14.6. The van der Waals surface area contributed by atoms with Crippen LogP contribution in [0.4, 0.5) is 8.78 Å². The van der Waals surface area contributed by atoms with Crippen molar-refractivity contribution in [3.63, 3.8) is 0 Å². The van der Waals surface area contributed by atoms with Crippen LogP contribution in [0.3, 0.4) is 0 Å². The van der Waals surface area contributed by atoms with Crippen molar-refractivity contribution >= 4 is 17.7 Å². The summed E-state index contributed by atoms with van der Waals surface area (Å²) in [5.74, 6) is -0.752. The van der Waals surface area contributed by atoms with E-state index in [0.29, 0.717) is 22.1 Å². The van der Waals surface area contributed by atoms with E-state index in [-0.39, 0.29) is 17.9 Å². The number of hydrogen-bond acceptors (Lipinski definition) is 6. The molecule has 27 heavy (non-hydrogen) atoms. The minimum Gasteiger partial charge on any atom is -0.462 e. The summed E-state index contributed by atoms with van der Waals surface area (Å²) in [5.41, 5.74) is 1.12. The molecule has 0 aliphatic heterocycles. The largest absolute Gasteiger partial charge is 0.462 e. The van der Waals surface area contributed by atoms with Crippen LogP contribution in [0.1, 0.15) is 28.5 Å². The highest BCUT2D eigenvalue weighted by Crippen LogP contribution is 2.24. The Bertz CT molecular complexity index is 978. The maximum absolute atomic E-state index is 13.7. The van der Waals surface area contributed by atoms with E-state index >= 15 is 0 Å². The second-order valence-corrected chi connectivity index (χ2v) is 6.53. The van der Waals surface area contributed by atoms with Crippen LogP contribution in [-0.2, 0) is 10.5 Å². The Balaban J connectivity index is 1.79. The Labute approximate surface area is 158 Å². The fourth-order valence-corrected chi connectivity index (χ4v) is 3.16. The minimum atomic E-state index is -0.492. The lowest BCUT2D eigenvalue weighted by Gasteiger charge is -2.05.